The third kappa shape index (κ3) is 5.33. The first-order valence-electron chi connectivity index (χ1n) is 10.5. The van der Waals surface area contributed by atoms with Crippen molar-refractivity contribution in [1.82, 2.24) is 9.88 Å². The van der Waals surface area contributed by atoms with Crippen molar-refractivity contribution in [3.63, 3.8) is 0 Å². The first kappa shape index (κ1) is 23.2. The van der Waals surface area contributed by atoms with Gasteiger partial charge < -0.3 is 15.1 Å². The molecule has 34 heavy (non-hydrogen) atoms. The number of carbonyl (C=O) groups excluding carboxylic acids is 2. The second kappa shape index (κ2) is 9.50. The largest absolute Gasteiger partial charge is 0.416 e. The van der Waals surface area contributed by atoms with E-state index in [1.54, 1.807) is 23.1 Å². The van der Waals surface area contributed by atoms with Crippen molar-refractivity contribution in [2.45, 2.75) is 6.18 Å². The van der Waals surface area contributed by atoms with Crippen LogP contribution in [0.2, 0.25) is 0 Å². The molecule has 2 amide bonds. The smallest absolute Gasteiger partial charge is 0.353 e. The van der Waals surface area contributed by atoms with Crippen LogP contribution in [0.5, 0.6) is 0 Å². The van der Waals surface area contributed by atoms with Crippen LogP contribution in [0.3, 0.4) is 0 Å². The quantitative estimate of drug-likeness (QED) is 0.570. The summed E-state index contributed by atoms with van der Waals surface area (Å²) in [5.41, 5.74) is -0.0303. The Labute approximate surface area is 192 Å². The minimum Gasteiger partial charge on any atom is -0.353 e. The molecule has 4 rings (SSSR count). The minimum absolute atomic E-state index is 0.0937. The number of rotatable bonds is 4. The molecule has 1 aliphatic heterocycles. The third-order valence-corrected chi connectivity index (χ3v) is 5.44. The molecule has 0 atom stereocenters. The highest BCUT2D eigenvalue weighted by Crippen LogP contribution is 2.29. The number of carbonyl (C=O) groups is 2. The number of alkyl halides is 3. The molecule has 1 N–H and O–H groups in total. The topological polar surface area (TPSA) is 65.5 Å². The monoisotopic (exact) mass is 472 g/mol. The van der Waals surface area contributed by atoms with Crippen molar-refractivity contribution < 1.29 is 27.2 Å². The molecule has 0 aliphatic carbocycles. The van der Waals surface area contributed by atoms with E-state index in [-0.39, 0.29) is 11.5 Å². The number of nitrogens with one attached hydrogen (secondary N) is 1. The normalized spacial score (nSPS) is 14.1. The number of hydrogen-bond acceptors (Lipinski definition) is 4. The van der Waals surface area contributed by atoms with Crippen molar-refractivity contribution in [1.29, 1.82) is 0 Å². The third-order valence-electron chi connectivity index (χ3n) is 5.44. The molecule has 176 valence electrons. The van der Waals surface area contributed by atoms with Crippen molar-refractivity contribution in [2.75, 3.05) is 36.4 Å². The lowest BCUT2D eigenvalue weighted by Gasteiger charge is -2.35. The fourth-order valence-electron chi connectivity index (χ4n) is 3.60. The van der Waals surface area contributed by atoms with Gasteiger partial charge >= 0.3 is 6.18 Å². The maximum Gasteiger partial charge on any atom is 0.416 e. The zero-order valence-corrected chi connectivity index (χ0v) is 17.8. The predicted octanol–water partition coefficient (Wildman–Crippen LogP) is 4.45. The highest BCUT2D eigenvalue weighted by molar-refractivity contribution is 6.04. The van der Waals surface area contributed by atoms with E-state index >= 15 is 0 Å². The number of aromatic nitrogens is 1. The Bertz CT molecular complexity index is 1170. The summed E-state index contributed by atoms with van der Waals surface area (Å²) in [5.74, 6) is -0.578. The lowest BCUT2D eigenvalue weighted by molar-refractivity contribution is -0.137. The number of amides is 2. The number of anilines is 2. The van der Waals surface area contributed by atoms with Crippen LogP contribution in [0.4, 0.5) is 29.1 Å². The molecule has 0 unspecified atom stereocenters. The molecule has 3 aromatic rings. The second-order valence-corrected chi connectivity index (χ2v) is 7.72. The maximum atomic E-state index is 13.4. The van der Waals surface area contributed by atoms with Gasteiger partial charge in [-0.2, -0.15) is 13.2 Å². The van der Waals surface area contributed by atoms with E-state index in [2.05, 4.69) is 10.3 Å². The van der Waals surface area contributed by atoms with E-state index in [0.717, 1.165) is 24.3 Å². The molecule has 1 fully saturated rings. The standard InChI is InChI=1S/C24H20F4N4O2/c25-19-3-1-2-17(14-19)23(34)32-12-10-31(11-13-32)21-9-8-20(15-29-21)30-22(33)16-4-6-18(7-5-16)24(26,27)28/h1-9,14-15H,10-13H2,(H,30,33). The van der Waals surface area contributed by atoms with Gasteiger partial charge in [0.25, 0.3) is 11.8 Å². The summed E-state index contributed by atoms with van der Waals surface area (Å²) in [6, 6.07) is 12.9. The number of hydrogen-bond donors (Lipinski definition) is 1. The number of halogens is 4. The van der Waals surface area contributed by atoms with E-state index in [0.29, 0.717) is 43.2 Å². The van der Waals surface area contributed by atoms with E-state index in [1.165, 1.54) is 24.4 Å². The minimum atomic E-state index is -4.47. The molecule has 1 aliphatic rings. The van der Waals surface area contributed by atoms with Crippen LogP contribution in [0, 0.1) is 5.82 Å². The Kier molecular flexibility index (Phi) is 6.49. The summed E-state index contributed by atoms with van der Waals surface area (Å²) in [7, 11) is 0. The first-order chi connectivity index (χ1) is 16.2. The van der Waals surface area contributed by atoms with Gasteiger partial charge in [0.2, 0.25) is 0 Å². The second-order valence-electron chi connectivity index (χ2n) is 7.72. The van der Waals surface area contributed by atoms with Crippen molar-refractivity contribution in [3.05, 3.63) is 89.4 Å². The van der Waals surface area contributed by atoms with Crippen LogP contribution in [0.15, 0.2) is 66.9 Å². The van der Waals surface area contributed by atoms with Gasteiger partial charge in [-0.1, -0.05) is 6.07 Å². The SMILES string of the molecule is O=C(Nc1ccc(N2CCN(C(=O)c3cccc(F)c3)CC2)nc1)c1ccc(C(F)(F)F)cc1. The number of benzene rings is 2. The summed E-state index contributed by atoms with van der Waals surface area (Å²) in [6.45, 7) is 1.96. The van der Waals surface area contributed by atoms with Crippen LogP contribution < -0.4 is 10.2 Å². The summed E-state index contributed by atoms with van der Waals surface area (Å²) in [6.07, 6.45) is -3.01. The molecular formula is C24H20F4N4O2. The Morgan fingerprint density at radius 3 is 2.18 bits per heavy atom. The van der Waals surface area contributed by atoms with Crippen molar-refractivity contribution in [3.8, 4) is 0 Å². The molecular weight excluding hydrogens is 452 g/mol. The van der Waals surface area contributed by atoms with Crippen LogP contribution in [-0.2, 0) is 6.18 Å². The lowest BCUT2D eigenvalue weighted by atomic mass is 10.1. The Hall–Kier alpha value is -3.95. The zero-order chi connectivity index (χ0) is 24.3. The lowest BCUT2D eigenvalue weighted by Crippen LogP contribution is -2.49. The Balaban J connectivity index is 1.32. The van der Waals surface area contributed by atoms with Gasteiger partial charge in [-0.05, 0) is 54.6 Å². The molecule has 0 bridgehead atoms. The molecule has 10 heteroatoms. The van der Waals surface area contributed by atoms with Crippen LogP contribution >= 0.6 is 0 Å². The fourth-order valence-corrected chi connectivity index (χ4v) is 3.60. The zero-order valence-electron chi connectivity index (χ0n) is 17.8. The summed E-state index contributed by atoms with van der Waals surface area (Å²) in [4.78, 5) is 32.8. The first-order valence-corrected chi connectivity index (χ1v) is 10.5. The summed E-state index contributed by atoms with van der Waals surface area (Å²) < 4.78 is 51.4. The molecule has 0 radical (unpaired) electrons. The Morgan fingerprint density at radius 2 is 1.59 bits per heavy atom. The molecule has 1 saturated heterocycles. The molecule has 2 heterocycles. The number of pyridine rings is 1. The van der Waals surface area contributed by atoms with Gasteiger partial charge in [0, 0.05) is 37.3 Å². The fraction of sp³-hybridized carbons (Fsp3) is 0.208. The highest BCUT2D eigenvalue weighted by Gasteiger charge is 2.30. The van der Waals surface area contributed by atoms with Gasteiger partial charge in [0.1, 0.15) is 11.6 Å². The van der Waals surface area contributed by atoms with Gasteiger partial charge in [-0.3, -0.25) is 9.59 Å². The Morgan fingerprint density at radius 1 is 0.882 bits per heavy atom. The van der Waals surface area contributed by atoms with Crippen LogP contribution in [0.25, 0.3) is 0 Å². The molecule has 2 aromatic carbocycles. The van der Waals surface area contributed by atoms with E-state index < -0.39 is 23.5 Å². The van der Waals surface area contributed by atoms with Crippen molar-refractivity contribution in [2.24, 2.45) is 0 Å². The van der Waals surface area contributed by atoms with Gasteiger partial charge in [0.15, 0.2) is 0 Å². The number of piperazine rings is 1. The molecule has 1 aromatic heterocycles. The highest BCUT2D eigenvalue weighted by atomic mass is 19.4. The average Bonchev–Trinajstić information content (AvgIpc) is 2.84. The van der Waals surface area contributed by atoms with Crippen LogP contribution in [0.1, 0.15) is 26.3 Å². The molecule has 0 saturated carbocycles. The predicted molar refractivity (Wildman–Crippen MR) is 118 cm³/mol. The molecule has 0 spiro atoms. The van der Waals surface area contributed by atoms with E-state index in [1.807, 2.05) is 4.90 Å². The van der Waals surface area contributed by atoms with Gasteiger partial charge in [-0.25, -0.2) is 9.37 Å². The maximum absolute atomic E-state index is 13.4. The molecule has 6 nitrogen and oxygen atoms in total. The van der Waals surface area contributed by atoms with Gasteiger partial charge in [0.05, 0.1) is 17.4 Å². The number of nitrogens with zero attached hydrogens (tertiary/aromatic N) is 3. The summed E-state index contributed by atoms with van der Waals surface area (Å²) >= 11 is 0. The van der Waals surface area contributed by atoms with E-state index in [4.69, 9.17) is 0 Å². The summed E-state index contributed by atoms with van der Waals surface area (Å²) in [5, 5.41) is 2.61. The van der Waals surface area contributed by atoms with E-state index in [9.17, 15) is 27.2 Å². The van der Waals surface area contributed by atoms with Crippen molar-refractivity contribution >= 4 is 23.3 Å². The van der Waals surface area contributed by atoms with Gasteiger partial charge in [-0.15, -0.1) is 0 Å². The van der Waals surface area contributed by atoms with Crippen LogP contribution in [-0.4, -0.2) is 47.9 Å². The average molecular weight is 472 g/mol.